The van der Waals surface area contributed by atoms with Crippen molar-refractivity contribution in [1.82, 2.24) is 30.0 Å². The van der Waals surface area contributed by atoms with Gasteiger partial charge < -0.3 is 15.4 Å². The number of carbonyl (C=O) groups is 1. The summed E-state index contributed by atoms with van der Waals surface area (Å²) in [6, 6.07) is 16.1. The summed E-state index contributed by atoms with van der Waals surface area (Å²) in [6.45, 7) is 3.75. The van der Waals surface area contributed by atoms with Gasteiger partial charge >= 0.3 is 0 Å². The fourth-order valence-corrected chi connectivity index (χ4v) is 7.92. The van der Waals surface area contributed by atoms with Gasteiger partial charge in [0.1, 0.15) is 5.82 Å². The van der Waals surface area contributed by atoms with Gasteiger partial charge in [-0.15, -0.1) is 0 Å². The van der Waals surface area contributed by atoms with Crippen LogP contribution in [0.5, 0.6) is 5.88 Å². The van der Waals surface area contributed by atoms with E-state index in [4.69, 9.17) is 21.3 Å². The van der Waals surface area contributed by atoms with Crippen LogP contribution in [0, 0.1) is 6.92 Å². The molecule has 5 aromatic rings. The Morgan fingerprint density at radius 3 is 2.64 bits per heavy atom. The minimum absolute atomic E-state index is 0.0701. The maximum Gasteiger partial charge on any atom is 0.278 e. The summed E-state index contributed by atoms with van der Waals surface area (Å²) in [5, 5.41) is 12.5. The number of halogens is 1. The molecular formula is C36H34ClN7O3. The monoisotopic (exact) mass is 647 g/mol. The van der Waals surface area contributed by atoms with Crippen molar-refractivity contribution in [2.24, 2.45) is 7.05 Å². The Balaban J connectivity index is 1.12. The van der Waals surface area contributed by atoms with Gasteiger partial charge in [0.2, 0.25) is 11.8 Å². The molecule has 1 spiro atoms. The molecule has 2 fully saturated rings. The number of ether oxygens (including phenoxy) is 1. The number of hydrogen-bond acceptors (Lipinski definition) is 8. The quantitative estimate of drug-likeness (QED) is 0.241. The SMILES string of the molecule is COc1nc(-c2cccc(-c3cccc(Nc4nccc5cnn(C)c(=O)c45)c3C)c2Cl)cc2c1[C@H](N1CC3(CCC(=O)N3)C1)CC2. The number of pyridine rings is 2. The third-order valence-electron chi connectivity index (χ3n) is 10.0. The molecule has 5 heterocycles. The van der Waals surface area contributed by atoms with Crippen molar-refractivity contribution in [1.29, 1.82) is 0 Å². The zero-order valence-electron chi connectivity index (χ0n) is 26.4. The first-order valence-corrected chi connectivity index (χ1v) is 16.2. The molecule has 0 bridgehead atoms. The highest BCUT2D eigenvalue weighted by Gasteiger charge is 2.51. The summed E-state index contributed by atoms with van der Waals surface area (Å²) in [7, 11) is 3.30. The number of likely N-dealkylation sites (tertiary alicyclic amines) is 1. The van der Waals surface area contributed by atoms with Gasteiger partial charge in [-0.25, -0.2) is 14.6 Å². The normalized spacial score (nSPS) is 18.3. The molecule has 2 aliphatic heterocycles. The molecule has 10 nitrogen and oxygen atoms in total. The molecule has 1 atom stereocenters. The Kier molecular flexibility index (Phi) is 7.03. The van der Waals surface area contributed by atoms with E-state index in [-0.39, 0.29) is 23.0 Å². The highest BCUT2D eigenvalue weighted by Crippen LogP contribution is 2.47. The van der Waals surface area contributed by atoms with Crippen LogP contribution >= 0.6 is 11.6 Å². The number of carbonyl (C=O) groups excluding carboxylic acids is 1. The van der Waals surface area contributed by atoms with Gasteiger partial charge in [-0.1, -0.05) is 41.9 Å². The molecule has 2 aromatic carbocycles. The summed E-state index contributed by atoms with van der Waals surface area (Å²) in [5.41, 5.74) is 7.28. The number of benzene rings is 2. The van der Waals surface area contributed by atoms with E-state index >= 15 is 0 Å². The van der Waals surface area contributed by atoms with Crippen LogP contribution in [0.1, 0.15) is 42.0 Å². The van der Waals surface area contributed by atoms with Gasteiger partial charge in [-0.3, -0.25) is 14.5 Å². The average molecular weight is 648 g/mol. The zero-order chi connectivity index (χ0) is 32.4. The first-order valence-electron chi connectivity index (χ1n) is 15.8. The van der Waals surface area contributed by atoms with Crippen LogP contribution in [0.4, 0.5) is 11.5 Å². The summed E-state index contributed by atoms with van der Waals surface area (Å²) in [4.78, 5) is 36.8. The van der Waals surface area contributed by atoms with Crippen LogP contribution in [0.15, 0.2) is 65.7 Å². The third-order valence-corrected chi connectivity index (χ3v) is 10.4. The van der Waals surface area contributed by atoms with Gasteiger partial charge in [0.25, 0.3) is 5.56 Å². The molecule has 0 unspecified atom stereocenters. The van der Waals surface area contributed by atoms with Crippen molar-refractivity contribution in [3.05, 3.63) is 93.0 Å². The molecule has 1 aliphatic carbocycles. The molecule has 3 aliphatic rings. The largest absolute Gasteiger partial charge is 0.481 e. The average Bonchev–Trinajstić information content (AvgIpc) is 3.67. The second-order valence-corrected chi connectivity index (χ2v) is 13.2. The maximum atomic E-state index is 13.0. The van der Waals surface area contributed by atoms with Crippen LogP contribution in [-0.2, 0) is 18.3 Å². The Hall–Kier alpha value is -4.80. The van der Waals surface area contributed by atoms with Crippen molar-refractivity contribution >= 4 is 39.8 Å². The minimum Gasteiger partial charge on any atom is -0.481 e. The number of fused-ring (bicyclic) bond motifs is 2. The lowest BCUT2D eigenvalue weighted by Gasteiger charge is -2.50. The van der Waals surface area contributed by atoms with E-state index < -0.39 is 0 Å². The van der Waals surface area contributed by atoms with E-state index in [0.717, 1.165) is 76.9 Å². The number of anilines is 2. The van der Waals surface area contributed by atoms with E-state index in [0.29, 0.717) is 28.5 Å². The molecule has 47 heavy (non-hydrogen) atoms. The first-order chi connectivity index (χ1) is 22.7. The van der Waals surface area contributed by atoms with E-state index in [1.54, 1.807) is 32.6 Å². The smallest absolute Gasteiger partial charge is 0.278 e. The predicted octanol–water partition coefficient (Wildman–Crippen LogP) is 5.72. The van der Waals surface area contributed by atoms with Crippen LogP contribution in [0.3, 0.4) is 0 Å². The molecular weight excluding hydrogens is 614 g/mol. The first kappa shape index (κ1) is 29.6. The number of nitrogens with zero attached hydrogens (tertiary/aromatic N) is 5. The molecule has 11 heteroatoms. The van der Waals surface area contributed by atoms with E-state index in [1.807, 2.05) is 43.3 Å². The molecule has 3 aromatic heterocycles. The van der Waals surface area contributed by atoms with Crippen LogP contribution in [0.25, 0.3) is 33.2 Å². The Morgan fingerprint density at radius 2 is 1.85 bits per heavy atom. The lowest BCUT2D eigenvalue weighted by Crippen LogP contribution is -2.67. The summed E-state index contributed by atoms with van der Waals surface area (Å²) < 4.78 is 7.21. The number of amides is 1. The molecule has 2 saturated heterocycles. The lowest BCUT2D eigenvalue weighted by atomic mass is 9.86. The number of aromatic nitrogens is 4. The molecule has 238 valence electrons. The Bertz CT molecular complexity index is 2160. The van der Waals surface area contributed by atoms with Gasteiger partial charge in [0, 0.05) is 66.6 Å². The number of aryl methyl sites for hydroxylation is 2. The molecule has 0 saturated carbocycles. The van der Waals surface area contributed by atoms with Crippen LogP contribution < -0.4 is 20.9 Å². The van der Waals surface area contributed by atoms with E-state index in [2.05, 4.69) is 31.7 Å². The van der Waals surface area contributed by atoms with Crippen molar-refractivity contribution in [3.63, 3.8) is 0 Å². The van der Waals surface area contributed by atoms with Gasteiger partial charge in [0.05, 0.1) is 34.9 Å². The third kappa shape index (κ3) is 4.85. The van der Waals surface area contributed by atoms with Crippen molar-refractivity contribution < 1.29 is 9.53 Å². The Labute approximate surface area is 276 Å². The maximum absolute atomic E-state index is 13.0. The Morgan fingerprint density at radius 1 is 1.06 bits per heavy atom. The second kappa shape index (κ2) is 11.2. The number of hydrogen-bond donors (Lipinski definition) is 2. The van der Waals surface area contributed by atoms with Crippen molar-refractivity contribution in [2.45, 2.75) is 44.2 Å². The van der Waals surface area contributed by atoms with E-state index in [9.17, 15) is 9.59 Å². The van der Waals surface area contributed by atoms with Crippen LogP contribution in [-0.4, -0.2) is 56.3 Å². The summed E-state index contributed by atoms with van der Waals surface area (Å²) in [6.07, 6.45) is 6.76. The summed E-state index contributed by atoms with van der Waals surface area (Å²) >= 11 is 7.21. The van der Waals surface area contributed by atoms with Crippen LogP contribution in [0.2, 0.25) is 5.02 Å². The molecule has 0 radical (unpaired) electrons. The van der Waals surface area contributed by atoms with Crippen molar-refractivity contribution in [2.75, 3.05) is 25.5 Å². The molecule has 2 N–H and O–H groups in total. The summed E-state index contributed by atoms with van der Waals surface area (Å²) in [5.74, 6) is 1.26. The number of methoxy groups -OCH3 is 1. The van der Waals surface area contributed by atoms with Gasteiger partial charge in [-0.2, -0.15) is 5.10 Å². The lowest BCUT2D eigenvalue weighted by molar-refractivity contribution is -0.121. The van der Waals surface area contributed by atoms with Gasteiger partial charge in [-0.05, 0) is 61.1 Å². The number of rotatable bonds is 6. The van der Waals surface area contributed by atoms with Crippen molar-refractivity contribution in [3.8, 4) is 28.3 Å². The molecule has 8 rings (SSSR count). The minimum atomic E-state index is -0.220. The zero-order valence-corrected chi connectivity index (χ0v) is 27.2. The van der Waals surface area contributed by atoms with Gasteiger partial charge in [0.15, 0.2) is 0 Å². The predicted molar refractivity (Wildman–Crippen MR) is 182 cm³/mol. The fraction of sp³-hybridized carbons (Fsp3) is 0.306. The molecule has 1 amide bonds. The fourth-order valence-electron chi connectivity index (χ4n) is 7.60. The highest BCUT2D eigenvalue weighted by molar-refractivity contribution is 6.36. The van der Waals surface area contributed by atoms with E-state index in [1.165, 1.54) is 10.2 Å². The highest BCUT2D eigenvalue weighted by atomic mass is 35.5. The topological polar surface area (TPSA) is 114 Å². The number of nitrogens with one attached hydrogen (secondary N) is 2. The second-order valence-electron chi connectivity index (χ2n) is 12.8. The standard InChI is InChI=1S/C36H34ClN7O3/c1-20-23(6-5-9-26(20)40-33-31-22(13-15-38-33)17-39-43(2)35(31)46)24-7-4-8-25(32(24)37)27-16-21-10-11-28(30(21)34(41-27)47-3)44-18-36(19-44)14-12-29(45)42-36/h4-9,13,15-17,28H,10-12,14,18-19H2,1-3H3,(H,38,40)(H,42,45)/t28-/m1/s1.